The summed E-state index contributed by atoms with van der Waals surface area (Å²) in [5, 5.41) is 6.03. The van der Waals surface area contributed by atoms with E-state index in [0.717, 1.165) is 26.2 Å². The molecule has 0 atom stereocenters. The maximum absolute atomic E-state index is 13.0. The molecule has 166 valence electrons. The van der Waals surface area contributed by atoms with Crippen molar-refractivity contribution in [2.45, 2.75) is 4.90 Å². The molecule has 2 aliphatic rings. The molecule has 3 rings (SSSR count). The highest BCUT2D eigenvalue weighted by atomic mass is 35.5. The van der Waals surface area contributed by atoms with Gasteiger partial charge in [-0.1, -0.05) is 0 Å². The van der Waals surface area contributed by atoms with Gasteiger partial charge in [0.1, 0.15) is 10.6 Å². The molecule has 0 bridgehead atoms. The Kier molecular flexibility index (Phi) is 10.6. The average Bonchev–Trinajstić information content (AvgIpc) is 2.69. The predicted molar refractivity (Wildman–Crippen MR) is 115 cm³/mol. The highest BCUT2D eigenvalue weighted by Crippen LogP contribution is 2.30. The van der Waals surface area contributed by atoms with Crippen LogP contribution in [-0.2, 0) is 19.6 Å². The van der Waals surface area contributed by atoms with Gasteiger partial charge in [0.25, 0.3) is 0 Å². The Hall–Kier alpha value is -1.14. The number of halogens is 2. The SMILES string of the molecule is COc1ccc(NC(=O)CN2CCNCC2)cc1S(=O)(=O)N1CCOCC1.Cl.Cl. The van der Waals surface area contributed by atoms with Crippen LogP contribution in [0.4, 0.5) is 5.69 Å². The summed E-state index contributed by atoms with van der Waals surface area (Å²) >= 11 is 0. The molecule has 9 nitrogen and oxygen atoms in total. The van der Waals surface area contributed by atoms with Gasteiger partial charge in [0.15, 0.2) is 0 Å². The van der Waals surface area contributed by atoms with Crippen LogP contribution < -0.4 is 15.4 Å². The third-order valence-electron chi connectivity index (χ3n) is 4.61. The van der Waals surface area contributed by atoms with E-state index in [-0.39, 0.29) is 47.9 Å². The van der Waals surface area contributed by atoms with E-state index >= 15 is 0 Å². The first kappa shape index (κ1) is 25.9. The second-order valence-electron chi connectivity index (χ2n) is 6.46. The molecular formula is C17H28Cl2N4O5S. The number of sulfonamides is 1. The van der Waals surface area contributed by atoms with Crippen LogP contribution in [0.25, 0.3) is 0 Å². The van der Waals surface area contributed by atoms with E-state index in [9.17, 15) is 13.2 Å². The van der Waals surface area contributed by atoms with Crippen LogP contribution in [0.1, 0.15) is 0 Å². The molecule has 0 radical (unpaired) electrons. The van der Waals surface area contributed by atoms with Crippen molar-refractivity contribution in [3.63, 3.8) is 0 Å². The first-order valence-corrected chi connectivity index (χ1v) is 10.4. The number of rotatable bonds is 6. The Morgan fingerprint density at radius 2 is 1.83 bits per heavy atom. The summed E-state index contributed by atoms with van der Waals surface area (Å²) in [4.78, 5) is 14.4. The van der Waals surface area contributed by atoms with E-state index in [1.54, 1.807) is 12.1 Å². The summed E-state index contributed by atoms with van der Waals surface area (Å²) in [6, 6.07) is 4.67. The third kappa shape index (κ3) is 6.68. The number of carbonyl (C=O) groups excluding carboxylic acids is 1. The molecule has 2 saturated heterocycles. The van der Waals surface area contributed by atoms with Gasteiger partial charge < -0.3 is 20.1 Å². The number of hydrogen-bond donors (Lipinski definition) is 2. The average molecular weight is 471 g/mol. The standard InChI is InChI=1S/C17H26N4O5S.2ClH/c1-25-15-3-2-14(19-17(22)13-20-6-4-18-5-7-20)12-16(15)27(23,24)21-8-10-26-11-9-21;;/h2-3,12,18H,4-11,13H2,1H3,(H,19,22);2*1H. The number of amides is 1. The minimum absolute atomic E-state index is 0. The third-order valence-corrected chi connectivity index (χ3v) is 6.53. The molecule has 1 aromatic rings. The summed E-state index contributed by atoms with van der Waals surface area (Å²) in [5.41, 5.74) is 0.433. The molecule has 0 spiro atoms. The van der Waals surface area contributed by atoms with Crippen molar-refractivity contribution >= 4 is 46.4 Å². The molecule has 1 aromatic carbocycles. The van der Waals surface area contributed by atoms with E-state index in [1.165, 1.54) is 17.5 Å². The molecule has 2 N–H and O–H groups in total. The van der Waals surface area contributed by atoms with Gasteiger partial charge in [-0.3, -0.25) is 9.69 Å². The highest BCUT2D eigenvalue weighted by molar-refractivity contribution is 7.89. The number of piperazine rings is 1. The van der Waals surface area contributed by atoms with Crippen molar-refractivity contribution in [2.75, 3.05) is 71.5 Å². The first-order valence-electron chi connectivity index (χ1n) is 8.99. The fraction of sp³-hybridized carbons (Fsp3) is 0.588. The minimum atomic E-state index is -3.73. The lowest BCUT2D eigenvalue weighted by Crippen LogP contribution is -2.46. The van der Waals surface area contributed by atoms with E-state index in [1.807, 2.05) is 0 Å². The molecule has 0 aliphatic carbocycles. The van der Waals surface area contributed by atoms with Gasteiger partial charge in [0.05, 0.1) is 26.9 Å². The summed E-state index contributed by atoms with van der Waals surface area (Å²) < 4.78 is 37.8. The van der Waals surface area contributed by atoms with Crippen LogP contribution in [0.3, 0.4) is 0 Å². The molecule has 1 amide bonds. The Balaban J connectivity index is 0.00000210. The first-order chi connectivity index (χ1) is 13.0. The van der Waals surface area contributed by atoms with Crippen molar-refractivity contribution in [2.24, 2.45) is 0 Å². The lowest BCUT2D eigenvalue weighted by Gasteiger charge is -2.27. The van der Waals surface area contributed by atoms with Crippen LogP contribution in [0, 0.1) is 0 Å². The molecule has 2 aliphatic heterocycles. The van der Waals surface area contributed by atoms with Gasteiger partial charge in [0.2, 0.25) is 15.9 Å². The summed E-state index contributed by atoms with van der Waals surface area (Å²) in [5.74, 6) is 0.0818. The highest BCUT2D eigenvalue weighted by Gasteiger charge is 2.29. The number of nitrogens with one attached hydrogen (secondary N) is 2. The lowest BCUT2D eigenvalue weighted by molar-refractivity contribution is -0.117. The Morgan fingerprint density at radius 3 is 2.45 bits per heavy atom. The molecule has 0 unspecified atom stereocenters. The molecular weight excluding hydrogens is 443 g/mol. The zero-order valence-corrected chi connectivity index (χ0v) is 18.7. The number of ether oxygens (including phenoxy) is 2. The topological polar surface area (TPSA) is 100 Å². The zero-order chi connectivity index (χ0) is 19.3. The van der Waals surface area contributed by atoms with E-state index < -0.39 is 10.0 Å². The van der Waals surface area contributed by atoms with E-state index in [2.05, 4.69) is 15.5 Å². The molecule has 12 heteroatoms. The van der Waals surface area contributed by atoms with E-state index in [4.69, 9.17) is 9.47 Å². The van der Waals surface area contributed by atoms with Crippen molar-refractivity contribution in [1.29, 1.82) is 0 Å². The molecule has 0 aromatic heterocycles. The second-order valence-corrected chi connectivity index (χ2v) is 8.36. The van der Waals surface area contributed by atoms with Crippen molar-refractivity contribution in [1.82, 2.24) is 14.5 Å². The Labute approximate surface area is 184 Å². The van der Waals surface area contributed by atoms with Crippen LogP contribution in [0.2, 0.25) is 0 Å². The molecule has 0 saturated carbocycles. The van der Waals surface area contributed by atoms with Crippen LogP contribution in [0.15, 0.2) is 23.1 Å². The van der Waals surface area contributed by atoms with Crippen molar-refractivity contribution in [3.8, 4) is 5.75 Å². The van der Waals surface area contributed by atoms with Gasteiger partial charge in [-0.05, 0) is 18.2 Å². The van der Waals surface area contributed by atoms with Crippen LogP contribution >= 0.6 is 24.8 Å². The van der Waals surface area contributed by atoms with E-state index in [0.29, 0.717) is 32.0 Å². The number of carbonyl (C=O) groups is 1. The zero-order valence-electron chi connectivity index (χ0n) is 16.3. The van der Waals surface area contributed by atoms with Gasteiger partial charge in [-0.25, -0.2) is 8.42 Å². The smallest absolute Gasteiger partial charge is 0.246 e. The summed E-state index contributed by atoms with van der Waals surface area (Å²) in [6.07, 6.45) is 0. The van der Waals surface area contributed by atoms with Crippen LogP contribution in [-0.4, -0.2) is 89.7 Å². The normalized spacial score (nSPS) is 18.2. The fourth-order valence-corrected chi connectivity index (χ4v) is 4.74. The van der Waals surface area contributed by atoms with Crippen molar-refractivity contribution in [3.05, 3.63) is 18.2 Å². The van der Waals surface area contributed by atoms with Crippen molar-refractivity contribution < 1.29 is 22.7 Å². The molecule has 29 heavy (non-hydrogen) atoms. The number of nitrogens with zero attached hydrogens (tertiary/aromatic N) is 2. The Morgan fingerprint density at radius 1 is 1.17 bits per heavy atom. The van der Waals surface area contributed by atoms with Gasteiger partial charge in [0, 0.05) is 45.0 Å². The summed E-state index contributed by atoms with van der Waals surface area (Å²) in [7, 11) is -2.31. The minimum Gasteiger partial charge on any atom is -0.495 e. The fourth-order valence-electron chi connectivity index (χ4n) is 3.15. The number of morpholine rings is 1. The lowest BCUT2D eigenvalue weighted by atomic mass is 10.3. The quantitative estimate of drug-likeness (QED) is 0.620. The largest absolute Gasteiger partial charge is 0.495 e. The maximum Gasteiger partial charge on any atom is 0.246 e. The number of benzene rings is 1. The summed E-state index contributed by atoms with van der Waals surface area (Å²) in [6.45, 7) is 4.94. The number of anilines is 1. The van der Waals surface area contributed by atoms with Gasteiger partial charge in [-0.2, -0.15) is 4.31 Å². The van der Waals surface area contributed by atoms with Gasteiger partial charge >= 0.3 is 0 Å². The Bertz CT molecular complexity index is 769. The molecule has 2 fully saturated rings. The van der Waals surface area contributed by atoms with Crippen LogP contribution in [0.5, 0.6) is 5.75 Å². The number of methoxy groups -OCH3 is 1. The maximum atomic E-state index is 13.0. The number of hydrogen-bond acceptors (Lipinski definition) is 7. The van der Waals surface area contributed by atoms with Gasteiger partial charge in [-0.15, -0.1) is 24.8 Å². The predicted octanol–water partition coefficient (Wildman–Crippen LogP) is 0.403. The monoisotopic (exact) mass is 470 g/mol. The molecule has 2 heterocycles. The second kappa shape index (κ2) is 11.9.